The smallest absolute Gasteiger partial charge is 0.257 e. The first kappa shape index (κ1) is 20.5. The summed E-state index contributed by atoms with van der Waals surface area (Å²) in [5.74, 6) is 1.62. The third-order valence-electron chi connectivity index (χ3n) is 3.75. The van der Waals surface area contributed by atoms with Crippen molar-refractivity contribution in [2.75, 3.05) is 26.1 Å². The average molecular weight is 388 g/mol. The molecular formula is C20H24N2O4S. The normalized spacial score (nSPS) is 10.0. The van der Waals surface area contributed by atoms with Crippen LogP contribution in [0, 0.1) is 0 Å². The van der Waals surface area contributed by atoms with Crippen LogP contribution in [0.15, 0.2) is 42.5 Å². The van der Waals surface area contributed by atoms with E-state index in [0.717, 1.165) is 18.6 Å². The maximum absolute atomic E-state index is 12.3. The number of benzene rings is 2. The highest BCUT2D eigenvalue weighted by Crippen LogP contribution is 2.29. The Morgan fingerprint density at radius 2 is 1.74 bits per heavy atom. The molecule has 0 spiro atoms. The number of nitrogens with one attached hydrogen (secondary N) is 2. The molecule has 1 amide bonds. The summed E-state index contributed by atoms with van der Waals surface area (Å²) in [6.45, 7) is 2.77. The molecule has 2 rings (SSSR count). The Morgan fingerprint density at radius 3 is 2.37 bits per heavy atom. The topological polar surface area (TPSA) is 68.8 Å². The predicted molar refractivity (Wildman–Crippen MR) is 110 cm³/mol. The lowest BCUT2D eigenvalue weighted by Crippen LogP contribution is -2.34. The summed E-state index contributed by atoms with van der Waals surface area (Å²) in [5.41, 5.74) is 1.17. The maximum atomic E-state index is 12.3. The molecule has 2 N–H and O–H groups in total. The van der Waals surface area contributed by atoms with Gasteiger partial charge in [0.2, 0.25) is 0 Å². The van der Waals surface area contributed by atoms with Crippen molar-refractivity contribution < 1.29 is 19.0 Å². The number of ether oxygens (including phenoxy) is 3. The van der Waals surface area contributed by atoms with Crippen LogP contribution in [0.3, 0.4) is 0 Å². The fourth-order valence-electron chi connectivity index (χ4n) is 2.29. The molecule has 0 saturated carbocycles. The number of carbonyl (C=O) groups excluding carboxylic acids is 1. The molecule has 2 aromatic carbocycles. The number of hydrogen-bond donors (Lipinski definition) is 2. The van der Waals surface area contributed by atoms with Gasteiger partial charge in [-0.2, -0.15) is 0 Å². The molecule has 0 radical (unpaired) electrons. The standard InChI is InChI=1S/C20H24N2O4S/c1-4-5-12-26-16-9-6-14(7-10-16)19(23)22-20(27)21-15-8-11-17(24-2)18(13-15)25-3/h6-11,13H,4-5,12H2,1-3H3,(H2,21,22,23,27). The minimum Gasteiger partial charge on any atom is -0.494 e. The van der Waals surface area contributed by atoms with Gasteiger partial charge in [0.1, 0.15) is 5.75 Å². The third kappa shape index (κ3) is 6.14. The van der Waals surface area contributed by atoms with E-state index < -0.39 is 0 Å². The summed E-state index contributed by atoms with van der Waals surface area (Å²) in [6.07, 6.45) is 2.07. The summed E-state index contributed by atoms with van der Waals surface area (Å²) >= 11 is 5.21. The van der Waals surface area contributed by atoms with Gasteiger partial charge in [-0.05, 0) is 55.0 Å². The van der Waals surface area contributed by atoms with Gasteiger partial charge >= 0.3 is 0 Å². The maximum Gasteiger partial charge on any atom is 0.257 e. The zero-order valence-corrected chi connectivity index (χ0v) is 16.5. The fourth-order valence-corrected chi connectivity index (χ4v) is 2.50. The number of hydrogen-bond acceptors (Lipinski definition) is 5. The van der Waals surface area contributed by atoms with Gasteiger partial charge in [-0.1, -0.05) is 13.3 Å². The molecule has 7 heteroatoms. The van der Waals surface area contributed by atoms with Gasteiger partial charge < -0.3 is 19.5 Å². The first-order chi connectivity index (χ1) is 13.1. The number of amides is 1. The van der Waals surface area contributed by atoms with Gasteiger partial charge in [0.05, 0.1) is 20.8 Å². The van der Waals surface area contributed by atoms with Crippen molar-refractivity contribution in [2.24, 2.45) is 0 Å². The Kier molecular flexibility index (Phi) is 7.88. The van der Waals surface area contributed by atoms with Gasteiger partial charge in [0.15, 0.2) is 16.6 Å². The third-order valence-corrected chi connectivity index (χ3v) is 3.96. The van der Waals surface area contributed by atoms with Crippen LogP contribution in [0.5, 0.6) is 17.2 Å². The molecule has 27 heavy (non-hydrogen) atoms. The van der Waals surface area contributed by atoms with Crippen LogP contribution in [0.4, 0.5) is 5.69 Å². The Hall–Kier alpha value is -2.80. The lowest BCUT2D eigenvalue weighted by Gasteiger charge is -2.13. The summed E-state index contributed by atoms with van der Waals surface area (Å²) < 4.78 is 16.0. The zero-order valence-electron chi connectivity index (χ0n) is 15.7. The van der Waals surface area contributed by atoms with Gasteiger partial charge in [-0.3, -0.25) is 10.1 Å². The Morgan fingerprint density at radius 1 is 1.04 bits per heavy atom. The number of rotatable bonds is 8. The molecule has 0 aliphatic heterocycles. The molecule has 2 aromatic rings. The van der Waals surface area contributed by atoms with Crippen LogP contribution in [0.25, 0.3) is 0 Å². The number of carbonyl (C=O) groups is 1. The molecule has 0 saturated heterocycles. The van der Waals surface area contributed by atoms with E-state index in [0.29, 0.717) is 29.4 Å². The van der Waals surface area contributed by atoms with E-state index in [1.165, 1.54) is 0 Å². The van der Waals surface area contributed by atoms with E-state index in [4.69, 9.17) is 26.4 Å². The second-order valence-corrected chi connectivity index (χ2v) is 6.11. The monoisotopic (exact) mass is 388 g/mol. The molecule has 0 aromatic heterocycles. The Balaban J connectivity index is 1.92. The highest BCUT2D eigenvalue weighted by molar-refractivity contribution is 7.80. The molecule has 0 unspecified atom stereocenters. The van der Waals surface area contributed by atoms with E-state index in [-0.39, 0.29) is 11.0 Å². The first-order valence-corrected chi connectivity index (χ1v) is 9.05. The second-order valence-electron chi connectivity index (χ2n) is 5.70. The number of thiocarbonyl (C=S) groups is 1. The van der Waals surface area contributed by atoms with Crippen LogP contribution in [-0.4, -0.2) is 31.8 Å². The van der Waals surface area contributed by atoms with Crippen molar-refractivity contribution in [3.8, 4) is 17.2 Å². The van der Waals surface area contributed by atoms with Crippen LogP contribution >= 0.6 is 12.2 Å². The van der Waals surface area contributed by atoms with Crippen molar-refractivity contribution in [3.63, 3.8) is 0 Å². The Bertz CT molecular complexity index is 778. The average Bonchev–Trinajstić information content (AvgIpc) is 2.68. The molecule has 0 bridgehead atoms. The number of anilines is 1. The lowest BCUT2D eigenvalue weighted by molar-refractivity contribution is 0.0977. The zero-order chi connectivity index (χ0) is 19.6. The summed E-state index contributed by atoms with van der Waals surface area (Å²) in [5, 5.41) is 5.79. The highest BCUT2D eigenvalue weighted by atomic mass is 32.1. The van der Waals surface area contributed by atoms with Crippen LogP contribution in [0.1, 0.15) is 30.1 Å². The minimum atomic E-state index is -0.298. The van der Waals surface area contributed by atoms with Gasteiger partial charge in [-0.25, -0.2) is 0 Å². The van der Waals surface area contributed by atoms with E-state index in [1.807, 2.05) is 0 Å². The van der Waals surface area contributed by atoms with Crippen LogP contribution in [0.2, 0.25) is 0 Å². The second kappa shape index (κ2) is 10.4. The fraction of sp³-hybridized carbons (Fsp3) is 0.300. The minimum absolute atomic E-state index is 0.190. The van der Waals surface area contributed by atoms with Crippen molar-refractivity contribution in [1.29, 1.82) is 0 Å². The number of unbranched alkanes of at least 4 members (excludes halogenated alkanes) is 1. The molecule has 0 fully saturated rings. The van der Waals surface area contributed by atoms with Crippen LogP contribution < -0.4 is 24.8 Å². The van der Waals surface area contributed by atoms with E-state index in [9.17, 15) is 4.79 Å². The van der Waals surface area contributed by atoms with Gasteiger partial charge in [-0.15, -0.1) is 0 Å². The quantitative estimate of drug-likeness (QED) is 0.526. The molecule has 0 atom stereocenters. The number of methoxy groups -OCH3 is 2. The Labute approximate surface area is 164 Å². The summed E-state index contributed by atoms with van der Waals surface area (Å²) in [7, 11) is 3.12. The van der Waals surface area contributed by atoms with E-state index in [2.05, 4.69) is 17.6 Å². The summed E-state index contributed by atoms with van der Waals surface area (Å²) in [4.78, 5) is 12.3. The molecule has 0 aliphatic rings. The van der Waals surface area contributed by atoms with Crippen molar-refractivity contribution in [1.82, 2.24) is 5.32 Å². The first-order valence-electron chi connectivity index (χ1n) is 8.64. The predicted octanol–water partition coefficient (Wildman–Crippen LogP) is 4.01. The van der Waals surface area contributed by atoms with Crippen molar-refractivity contribution >= 4 is 28.9 Å². The van der Waals surface area contributed by atoms with Gasteiger partial charge in [0, 0.05) is 17.3 Å². The molecule has 6 nitrogen and oxygen atoms in total. The summed E-state index contributed by atoms with van der Waals surface area (Å²) in [6, 6.07) is 12.2. The SMILES string of the molecule is CCCCOc1ccc(C(=O)NC(=S)Nc2ccc(OC)c(OC)c2)cc1. The van der Waals surface area contributed by atoms with Crippen molar-refractivity contribution in [3.05, 3.63) is 48.0 Å². The largest absolute Gasteiger partial charge is 0.494 e. The van der Waals surface area contributed by atoms with Gasteiger partial charge in [0.25, 0.3) is 5.91 Å². The van der Waals surface area contributed by atoms with Crippen LogP contribution in [-0.2, 0) is 0 Å². The van der Waals surface area contributed by atoms with E-state index >= 15 is 0 Å². The lowest BCUT2D eigenvalue weighted by atomic mass is 10.2. The highest BCUT2D eigenvalue weighted by Gasteiger charge is 2.10. The molecular weight excluding hydrogens is 364 g/mol. The molecule has 0 heterocycles. The molecule has 0 aliphatic carbocycles. The van der Waals surface area contributed by atoms with Crippen molar-refractivity contribution in [2.45, 2.75) is 19.8 Å². The molecule has 144 valence electrons. The van der Waals surface area contributed by atoms with E-state index in [1.54, 1.807) is 56.7 Å².